The van der Waals surface area contributed by atoms with Crippen molar-refractivity contribution in [2.75, 3.05) is 6.61 Å². The van der Waals surface area contributed by atoms with Gasteiger partial charge < -0.3 is 9.84 Å². The first-order valence-corrected chi connectivity index (χ1v) is 7.56. The van der Waals surface area contributed by atoms with Gasteiger partial charge in [0.2, 0.25) is 0 Å². The van der Waals surface area contributed by atoms with Crippen molar-refractivity contribution in [2.45, 2.75) is 50.3 Å². The van der Waals surface area contributed by atoms with E-state index in [1.807, 2.05) is 5.92 Å². The Hall–Kier alpha value is -1.38. The van der Waals surface area contributed by atoms with Gasteiger partial charge in [-0.1, -0.05) is 25.4 Å². The smallest absolute Gasteiger partial charge is 0.418 e. The number of benzene rings is 1. The van der Waals surface area contributed by atoms with E-state index in [0.29, 0.717) is 29.4 Å². The van der Waals surface area contributed by atoms with Crippen LogP contribution in [-0.4, -0.2) is 23.5 Å². The van der Waals surface area contributed by atoms with Crippen LogP contribution in [0.25, 0.3) is 0 Å². The third-order valence-corrected chi connectivity index (χ3v) is 4.35. The number of hydrogen-bond acceptors (Lipinski definition) is 2. The number of rotatable bonds is 4. The first kappa shape index (κ1) is 18.0. The third-order valence-electron chi connectivity index (χ3n) is 4.13. The molecule has 1 aliphatic rings. The predicted octanol–water partition coefficient (Wildman–Crippen LogP) is 4.26. The zero-order valence-corrected chi connectivity index (χ0v) is 13.7. The average molecular weight is 347 g/mol. The van der Waals surface area contributed by atoms with E-state index in [1.54, 1.807) is 26.0 Å². The van der Waals surface area contributed by atoms with Crippen LogP contribution in [0, 0.1) is 12.3 Å². The van der Waals surface area contributed by atoms with Crippen molar-refractivity contribution in [3.63, 3.8) is 0 Å². The van der Waals surface area contributed by atoms with E-state index >= 15 is 0 Å². The standard InChI is InChI=1S/C17H18ClF3O2/c1-4-6-16(22,17(19,20)21)10-15(2,3)13-9-12(18)8-11-5-7-23-14(11)13/h1,8-9,22H,5-7,10H2,2-3H3. The van der Waals surface area contributed by atoms with Gasteiger partial charge in [0.1, 0.15) is 5.75 Å². The lowest BCUT2D eigenvalue weighted by Crippen LogP contribution is -2.48. The van der Waals surface area contributed by atoms with Gasteiger partial charge in [0.25, 0.3) is 0 Å². The Morgan fingerprint density at radius 3 is 2.57 bits per heavy atom. The van der Waals surface area contributed by atoms with Gasteiger partial charge in [-0.2, -0.15) is 13.2 Å². The quantitative estimate of drug-likeness (QED) is 0.825. The van der Waals surface area contributed by atoms with Crippen LogP contribution in [0.3, 0.4) is 0 Å². The predicted molar refractivity (Wildman–Crippen MR) is 82.7 cm³/mol. The second kappa shape index (κ2) is 5.92. The van der Waals surface area contributed by atoms with Crippen LogP contribution < -0.4 is 4.74 Å². The molecule has 0 saturated carbocycles. The second-order valence-electron chi connectivity index (χ2n) is 6.51. The maximum atomic E-state index is 13.3. The van der Waals surface area contributed by atoms with Gasteiger partial charge in [-0.05, 0) is 29.5 Å². The zero-order chi connectivity index (χ0) is 17.5. The number of terminal acetylenes is 1. The van der Waals surface area contributed by atoms with Crippen LogP contribution in [0.2, 0.25) is 5.02 Å². The lowest BCUT2D eigenvalue weighted by molar-refractivity contribution is -0.264. The summed E-state index contributed by atoms with van der Waals surface area (Å²) in [5, 5.41) is 10.6. The summed E-state index contributed by atoms with van der Waals surface area (Å²) in [6.45, 7) is 3.70. The summed E-state index contributed by atoms with van der Waals surface area (Å²) in [4.78, 5) is 0. The van der Waals surface area contributed by atoms with Gasteiger partial charge >= 0.3 is 6.18 Å². The molecule has 23 heavy (non-hydrogen) atoms. The molecule has 0 fully saturated rings. The summed E-state index contributed by atoms with van der Waals surface area (Å²) in [5.41, 5.74) is -2.57. The van der Waals surface area contributed by atoms with E-state index < -0.39 is 30.0 Å². The first-order valence-electron chi connectivity index (χ1n) is 7.18. The topological polar surface area (TPSA) is 29.5 Å². The van der Waals surface area contributed by atoms with Crippen molar-refractivity contribution in [3.05, 3.63) is 28.3 Å². The number of hydrogen-bond donors (Lipinski definition) is 1. The lowest BCUT2D eigenvalue weighted by atomic mass is 9.73. The molecule has 1 aromatic rings. The molecule has 126 valence electrons. The highest BCUT2D eigenvalue weighted by molar-refractivity contribution is 6.30. The molecule has 1 heterocycles. The summed E-state index contributed by atoms with van der Waals surface area (Å²) in [5.74, 6) is 2.49. The minimum absolute atomic E-state index is 0.435. The molecular weight excluding hydrogens is 329 g/mol. The van der Waals surface area contributed by atoms with E-state index in [-0.39, 0.29) is 0 Å². The average Bonchev–Trinajstić information content (AvgIpc) is 2.83. The third kappa shape index (κ3) is 3.44. The van der Waals surface area contributed by atoms with Crippen LogP contribution in [0.1, 0.15) is 37.8 Å². The summed E-state index contributed by atoms with van der Waals surface area (Å²) < 4.78 is 45.4. The van der Waals surface area contributed by atoms with E-state index in [0.717, 1.165) is 5.56 Å². The number of halogens is 4. The molecular formula is C17H18ClF3O2. The monoisotopic (exact) mass is 346 g/mol. The molecule has 1 atom stereocenters. The number of aliphatic hydroxyl groups is 1. The van der Waals surface area contributed by atoms with Crippen LogP contribution in [0.4, 0.5) is 13.2 Å². The van der Waals surface area contributed by atoms with Crippen LogP contribution in [-0.2, 0) is 11.8 Å². The highest BCUT2D eigenvalue weighted by atomic mass is 35.5. The molecule has 2 nitrogen and oxygen atoms in total. The molecule has 0 bridgehead atoms. The van der Waals surface area contributed by atoms with Crippen molar-refractivity contribution in [3.8, 4) is 18.1 Å². The summed E-state index contributed by atoms with van der Waals surface area (Å²) >= 11 is 6.08. The molecule has 0 amide bonds. The highest BCUT2D eigenvalue weighted by Gasteiger charge is 2.55. The molecule has 1 N–H and O–H groups in total. The molecule has 0 aromatic heterocycles. The van der Waals surface area contributed by atoms with Crippen molar-refractivity contribution >= 4 is 11.6 Å². The number of ether oxygens (including phenoxy) is 1. The Kier molecular flexibility index (Phi) is 4.62. The van der Waals surface area contributed by atoms with Crippen molar-refractivity contribution in [1.82, 2.24) is 0 Å². The Morgan fingerprint density at radius 2 is 2.00 bits per heavy atom. The fourth-order valence-electron chi connectivity index (χ4n) is 3.03. The molecule has 1 unspecified atom stereocenters. The van der Waals surface area contributed by atoms with Gasteiger partial charge in [-0.3, -0.25) is 0 Å². The van der Waals surface area contributed by atoms with Gasteiger partial charge in [0.05, 0.1) is 6.61 Å². The summed E-state index contributed by atoms with van der Waals surface area (Å²) in [7, 11) is 0. The number of fused-ring (bicyclic) bond motifs is 1. The van der Waals surface area contributed by atoms with Crippen molar-refractivity contribution < 1.29 is 23.0 Å². The Morgan fingerprint density at radius 1 is 1.35 bits per heavy atom. The van der Waals surface area contributed by atoms with Gasteiger partial charge in [-0.25, -0.2) is 0 Å². The van der Waals surface area contributed by atoms with Gasteiger partial charge in [-0.15, -0.1) is 12.3 Å². The largest absolute Gasteiger partial charge is 0.493 e. The molecule has 0 radical (unpaired) electrons. The SMILES string of the molecule is C#CCC(O)(CC(C)(C)c1cc(Cl)cc2c1OCC2)C(F)(F)F. The normalized spacial score (nSPS) is 17.1. The van der Waals surface area contributed by atoms with E-state index in [1.165, 1.54) is 0 Å². The molecule has 6 heteroatoms. The van der Waals surface area contributed by atoms with E-state index in [4.69, 9.17) is 22.8 Å². The highest BCUT2D eigenvalue weighted by Crippen LogP contribution is 2.47. The van der Waals surface area contributed by atoms with E-state index in [2.05, 4.69) is 0 Å². The summed E-state index contributed by atoms with van der Waals surface area (Å²) in [6.07, 6.45) is -0.515. The first-order chi connectivity index (χ1) is 10.5. The zero-order valence-electron chi connectivity index (χ0n) is 12.9. The maximum absolute atomic E-state index is 13.3. The molecule has 0 saturated heterocycles. The van der Waals surface area contributed by atoms with Crippen LogP contribution in [0.5, 0.6) is 5.75 Å². The van der Waals surface area contributed by atoms with Crippen LogP contribution >= 0.6 is 11.6 Å². The minimum atomic E-state index is -4.82. The lowest BCUT2D eigenvalue weighted by Gasteiger charge is -2.37. The molecule has 0 spiro atoms. The Bertz CT molecular complexity index is 646. The van der Waals surface area contributed by atoms with Gasteiger partial charge in [0, 0.05) is 23.4 Å². The number of alkyl halides is 3. The van der Waals surface area contributed by atoms with Crippen LogP contribution in [0.15, 0.2) is 12.1 Å². The molecule has 1 aliphatic heterocycles. The van der Waals surface area contributed by atoms with E-state index in [9.17, 15) is 18.3 Å². The Balaban J connectivity index is 2.45. The Labute approximate surface area is 138 Å². The fraction of sp³-hybridized carbons (Fsp3) is 0.529. The molecule has 1 aromatic carbocycles. The molecule has 2 rings (SSSR count). The second-order valence-corrected chi connectivity index (χ2v) is 6.95. The van der Waals surface area contributed by atoms with Crippen molar-refractivity contribution in [2.24, 2.45) is 0 Å². The fourth-order valence-corrected chi connectivity index (χ4v) is 3.27. The minimum Gasteiger partial charge on any atom is -0.493 e. The molecule has 0 aliphatic carbocycles. The van der Waals surface area contributed by atoms with Gasteiger partial charge in [0.15, 0.2) is 5.60 Å². The summed E-state index contributed by atoms with van der Waals surface area (Å²) in [6, 6.07) is 3.35. The van der Waals surface area contributed by atoms with Crippen molar-refractivity contribution in [1.29, 1.82) is 0 Å². The maximum Gasteiger partial charge on any atom is 0.418 e.